The fraction of sp³-hybridized carbons (Fsp3) is 0.545. The maximum Gasteiger partial charge on any atom is 0.416 e. The number of aromatic nitrogens is 1. The van der Waals surface area contributed by atoms with Gasteiger partial charge in [-0.15, -0.1) is 0 Å². The zero-order valence-corrected chi connectivity index (χ0v) is 10.1. The molecule has 0 fully saturated rings. The number of nitrogens with two attached hydrogens (primary N) is 1. The third kappa shape index (κ3) is 3.76. The fourth-order valence-corrected chi connectivity index (χ4v) is 1.32. The van der Waals surface area contributed by atoms with E-state index in [1.807, 2.05) is 0 Å². The highest BCUT2D eigenvalue weighted by Gasteiger charge is 2.31. The van der Waals surface area contributed by atoms with E-state index < -0.39 is 11.7 Å². The Kier molecular flexibility index (Phi) is 4.39. The summed E-state index contributed by atoms with van der Waals surface area (Å²) in [5.41, 5.74) is 4.49. The Hall–Kier alpha value is -1.50. The molecule has 4 N–H and O–H groups in total. The zero-order valence-electron chi connectivity index (χ0n) is 10.1. The summed E-state index contributed by atoms with van der Waals surface area (Å²) in [5.74, 6) is -0.256. The van der Waals surface area contributed by atoms with E-state index in [0.29, 0.717) is 0 Å². The third-order valence-electron chi connectivity index (χ3n) is 2.69. The molecule has 2 atom stereocenters. The predicted molar refractivity (Wildman–Crippen MR) is 63.0 cm³/mol. The minimum atomic E-state index is -4.46. The fourth-order valence-electron chi connectivity index (χ4n) is 1.32. The SMILES string of the molecule is CC(CO)C(C)Nc1cc(C(F)(F)F)cc(N)n1. The van der Waals surface area contributed by atoms with Crippen LogP contribution in [-0.2, 0) is 6.18 Å². The van der Waals surface area contributed by atoms with E-state index in [2.05, 4.69) is 10.3 Å². The Labute approximate surface area is 103 Å². The summed E-state index contributed by atoms with van der Waals surface area (Å²) in [6.07, 6.45) is -4.46. The van der Waals surface area contributed by atoms with E-state index in [9.17, 15) is 13.2 Å². The Bertz CT molecular complexity index is 409. The van der Waals surface area contributed by atoms with Crippen molar-refractivity contribution in [1.29, 1.82) is 0 Å². The molecule has 102 valence electrons. The van der Waals surface area contributed by atoms with Gasteiger partial charge in [0.25, 0.3) is 0 Å². The molecule has 0 spiro atoms. The maximum atomic E-state index is 12.6. The van der Waals surface area contributed by atoms with Gasteiger partial charge in [0.05, 0.1) is 5.56 Å². The first-order valence-electron chi connectivity index (χ1n) is 5.46. The molecule has 0 saturated carbocycles. The maximum absolute atomic E-state index is 12.6. The third-order valence-corrected chi connectivity index (χ3v) is 2.69. The van der Waals surface area contributed by atoms with E-state index in [4.69, 9.17) is 10.8 Å². The molecule has 2 unspecified atom stereocenters. The van der Waals surface area contributed by atoms with Crippen LogP contribution in [0.5, 0.6) is 0 Å². The predicted octanol–water partition coefficient (Wildman–Crippen LogP) is 2.11. The molecular formula is C11H16F3N3O. The number of hydrogen-bond donors (Lipinski definition) is 3. The second-order valence-electron chi connectivity index (χ2n) is 4.26. The van der Waals surface area contributed by atoms with Crippen LogP contribution < -0.4 is 11.1 Å². The van der Waals surface area contributed by atoms with E-state index in [1.54, 1.807) is 13.8 Å². The molecule has 0 radical (unpaired) electrons. The van der Waals surface area contributed by atoms with Gasteiger partial charge < -0.3 is 16.2 Å². The highest BCUT2D eigenvalue weighted by Crippen LogP contribution is 2.31. The largest absolute Gasteiger partial charge is 0.416 e. The Balaban J connectivity index is 2.94. The van der Waals surface area contributed by atoms with Crippen LogP contribution in [-0.4, -0.2) is 22.7 Å². The lowest BCUT2D eigenvalue weighted by molar-refractivity contribution is -0.137. The second kappa shape index (κ2) is 5.43. The van der Waals surface area contributed by atoms with Gasteiger partial charge in [0.1, 0.15) is 11.6 Å². The van der Waals surface area contributed by atoms with Crippen LogP contribution >= 0.6 is 0 Å². The van der Waals surface area contributed by atoms with Gasteiger partial charge in [0, 0.05) is 12.6 Å². The molecule has 0 saturated heterocycles. The lowest BCUT2D eigenvalue weighted by Gasteiger charge is -2.20. The second-order valence-corrected chi connectivity index (χ2v) is 4.26. The van der Waals surface area contributed by atoms with Crippen LogP contribution in [0.1, 0.15) is 19.4 Å². The van der Waals surface area contributed by atoms with Crippen LogP contribution in [0.2, 0.25) is 0 Å². The van der Waals surface area contributed by atoms with Crippen molar-refractivity contribution in [1.82, 2.24) is 4.98 Å². The summed E-state index contributed by atoms with van der Waals surface area (Å²) in [7, 11) is 0. The van der Waals surface area contributed by atoms with Crippen molar-refractivity contribution >= 4 is 11.6 Å². The topological polar surface area (TPSA) is 71.2 Å². The van der Waals surface area contributed by atoms with Crippen LogP contribution in [0.25, 0.3) is 0 Å². The first kappa shape index (κ1) is 14.6. The Morgan fingerprint density at radius 3 is 2.50 bits per heavy atom. The van der Waals surface area contributed by atoms with Crippen molar-refractivity contribution in [2.24, 2.45) is 5.92 Å². The molecule has 0 aromatic carbocycles. The molecule has 0 aliphatic heterocycles. The van der Waals surface area contributed by atoms with Crippen molar-refractivity contribution in [3.63, 3.8) is 0 Å². The van der Waals surface area contributed by atoms with Crippen molar-refractivity contribution in [2.75, 3.05) is 17.7 Å². The highest BCUT2D eigenvalue weighted by molar-refractivity contribution is 5.47. The molecule has 7 heteroatoms. The van der Waals surface area contributed by atoms with Gasteiger partial charge in [-0.05, 0) is 25.0 Å². The molecule has 0 bridgehead atoms. The summed E-state index contributed by atoms with van der Waals surface area (Å²) in [6.45, 7) is 3.45. The molecule has 0 aliphatic carbocycles. The molecule has 0 amide bonds. The number of aliphatic hydroxyl groups excluding tert-OH is 1. The quantitative estimate of drug-likeness (QED) is 0.778. The van der Waals surface area contributed by atoms with Crippen molar-refractivity contribution in [2.45, 2.75) is 26.1 Å². The Morgan fingerprint density at radius 1 is 1.39 bits per heavy atom. The van der Waals surface area contributed by atoms with Crippen LogP contribution in [0.15, 0.2) is 12.1 Å². The average molecular weight is 263 g/mol. The van der Waals surface area contributed by atoms with Crippen molar-refractivity contribution in [3.05, 3.63) is 17.7 Å². The van der Waals surface area contributed by atoms with Gasteiger partial charge in [-0.3, -0.25) is 0 Å². The number of pyridine rings is 1. The summed E-state index contributed by atoms with van der Waals surface area (Å²) in [6, 6.07) is 1.47. The highest BCUT2D eigenvalue weighted by atomic mass is 19.4. The molecule has 4 nitrogen and oxygen atoms in total. The number of aliphatic hydroxyl groups is 1. The number of nitrogen functional groups attached to an aromatic ring is 1. The van der Waals surface area contributed by atoms with Gasteiger partial charge in [-0.2, -0.15) is 13.2 Å². The van der Waals surface area contributed by atoms with Crippen LogP contribution in [0.3, 0.4) is 0 Å². The summed E-state index contributed by atoms with van der Waals surface area (Å²) in [4.78, 5) is 3.79. The number of halogens is 3. The number of alkyl halides is 3. The molecular weight excluding hydrogens is 247 g/mol. The van der Waals surface area contributed by atoms with Crippen LogP contribution in [0, 0.1) is 5.92 Å². The molecule has 0 aliphatic rings. The zero-order chi connectivity index (χ0) is 13.9. The standard InChI is InChI=1S/C11H16F3N3O/c1-6(5-18)7(2)16-10-4-8(11(12,13)14)3-9(15)17-10/h3-4,6-7,18H,5H2,1-2H3,(H3,15,16,17). The smallest absolute Gasteiger partial charge is 0.396 e. The van der Waals surface area contributed by atoms with E-state index in [-0.39, 0.29) is 30.2 Å². The molecule has 1 rings (SSSR count). The van der Waals surface area contributed by atoms with Gasteiger partial charge in [0.15, 0.2) is 0 Å². The first-order chi connectivity index (χ1) is 8.24. The number of nitrogens with zero attached hydrogens (tertiary/aromatic N) is 1. The lowest BCUT2D eigenvalue weighted by Crippen LogP contribution is -2.27. The van der Waals surface area contributed by atoms with Gasteiger partial charge in [-0.25, -0.2) is 4.98 Å². The van der Waals surface area contributed by atoms with Crippen LogP contribution in [0.4, 0.5) is 24.8 Å². The minimum Gasteiger partial charge on any atom is -0.396 e. The minimum absolute atomic E-state index is 0.0510. The van der Waals surface area contributed by atoms with Crippen molar-refractivity contribution in [3.8, 4) is 0 Å². The Morgan fingerprint density at radius 2 is 2.00 bits per heavy atom. The van der Waals surface area contributed by atoms with Gasteiger partial charge in [0.2, 0.25) is 0 Å². The number of rotatable bonds is 4. The van der Waals surface area contributed by atoms with Gasteiger partial charge in [-0.1, -0.05) is 6.92 Å². The normalized spacial score (nSPS) is 15.2. The van der Waals surface area contributed by atoms with E-state index in [1.165, 1.54) is 0 Å². The molecule has 18 heavy (non-hydrogen) atoms. The molecule has 1 heterocycles. The van der Waals surface area contributed by atoms with E-state index in [0.717, 1.165) is 12.1 Å². The number of hydrogen-bond acceptors (Lipinski definition) is 4. The molecule has 1 aromatic rings. The summed E-state index contributed by atoms with van der Waals surface area (Å²) < 4.78 is 37.7. The average Bonchev–Trinajstić information content (AvgIpc) is 2.25. The summed E-state index contributed by atoms with van der Waals surface area (Å²) in [5, 5.41) is 11.8. The first-order valence-corrected chi connectivity index (χ1v) is 5.46. The summed E-state index contributed by atoms with van der Waals surface area (Å²) >= 11 is 0. The number of nitrogens with one attached hydrogen (secondary N) is 1. The van der Waals surface area contributed by atoms with Gasteiger partial charge >= 0.3 is 6.18 Å². The van der Waals surface area contributed by atoms with E-state index >= 15 is 0 Å². The van der Waals surface area contributed by atoms with Crippen molar-refractivity contribution < 1.29 is 18.3 Å². The number of anilines is 2. The lowest BCUT2D eigenvalue weighted by atomic mass is 10.1. The molecule has 1 aromatic heterocycles. The monoisotopic (exact) mass is 263 g/mol.